The molecule has 2 heterocycles. The van der Waals surface area contributed by atoms with Crippen LogP contribution in [0.25, 0.3) is 0 Å². The van der Waals surface area contributed by atoms with Crippen molar-refractivity contribution in [2.75, 3.05) is 5.32 Å². The number of aryl methyl sites for hydroxylation is 1. The second-order valence-electron chi connectivity index (χ2n) is 6.65. The standard InChI is InChI=1S/C17H21N5O3/c1-10(2)17-19-16-7-4-12(9-21(16)20-17)18-15-6-5-13(22(24)25)8-14(15)11(3)23/h5-6,8,10,12,18H,4,7,9H2,1-3H3. The van der Waals surface area contributed by atoms with E-state index in [0.29, 0.717) is 17.8 Å². The summed E-state index contributed by atoms with van der Waals surface area (Å²) in [6.07, 6.45) is 1.67. The third kappa shape index (κ3) is 3.52. The van der Waals surface area contributed by atoms with Crippen LogP contribution in [0.3, 0.4) is 0 Å². The zero-order chi connectivity index (χ0) is 18.1. The molecule has 132 valence electrons. The smallest absolute Gasteiger partial charge is 0.270 e. The molecule has 0 aliphatic carbocycles. The number of hydrogen-bond donors (Lipinski definition) is 1. The Morgan fingerprint density at radius 1 is 1.44 bits per heavy atom. The molecule has 25 heavy (non-hydrogen) atoms. The molecule has 8 nitrogen and oxygen atoms in total. The van der Waals surface area contributed by atoms with Crippen LogP contribution < -0.4 is 5.32 Å². The third-order valence-electron chi connectivity index (χ3n) is 4.34. The van der Waals surface area contributed by atoms with Crippen molar-refractivity contribution in [2.45, 2.75) is 52.1 Å². The summed E-state index contributed by atoms with van der Waals surface area (Å²) < 4.78 is 1.91. The Morgan fingerprint density at radius 3 is 2.84 bits per heavy atom. The molecule has 1 N–H and O–H groups in total. The Bertz CT molecular complexity index is 828. The highest BCUT2D eigenvalue weighted by Gasteiger charge is 2.24. The molecule has 1 aromatic carbocycles. The van der Waals surface area contributed by atoms with Crippen LogP contribution in [0, 0.1) is 10.1 Å². The van der Waals surface area contributed by atoms with Crippen molar-refractivity contribution in [3.05, 3.63) is 45.5 Å². The van der Waals surface area contributed by atoms with Crippen LogP contribution in [0.15, 0.2) is 18.2 Å². The van der Waals surface area contributed by atoms with Crippen LogP contribution >= 0.6 is 0 Å². The first-order valence-electron chi connectivity index (χ1n) is 8.34. The Hall–Kier alpha value is -2.77. The van der Waals surface area contributed by atoms with Crippen molar-refractivity contribution in [1.82, 2.24) is 14.8 Å². The Morgan fingerprint density at radius 2 is 2.20 bits per heavy atom. The van der Waals surface area contributed by atoms with Crippen molar-refractivity contribution >= 4 is 17.2 Å². The Kier molecular flexibility index (Phi) is 4.52. The van der Waals surface area contributed by atoms with Gasteiger partial charge in [0.25, 0.3) is 5.69 Å². The topological polar surface area (TPSA) is 103 Å². The van der Waals surface area contributed by atoms with Gasteiger partial charge in [-0.3, -0.25) is 14.9 Å². The van der Waals surface area contributed by atoms with Crippen LogP contribution in [0.2, 0.25) is 0 Å². The third-order valence-corrected chi connectivity index (χ3v) is 4.34. The minimum atomic E-state index is -0.494. The Balaban J connectivity index is 1.81. The lowest BCUT2D eigenvalue weighted by Crippen LogP contribution is -2.32. The van der Waals surface area contributed by atoms with E-state index in [4.69, 9.17) is 0 Å². The molecule has 8 heteroatoms. The van der Waals surface area contributed by atoms with E-state index < -0.39 is 4.92 Å². The maximum atomic E-state index is 11.9. The number of ketones is 1. The summed E-state index contributed by atoms with van der Waals surface area (Å²) in [4.78, 5) is 26.9. The van der Waals surface area contributed by atoms with Gasteiger partial charge in [-0.1, -0.05) is 13.8 Å². The number of nitro benzene ring substituents is 1. The van der Waals surface area contributed by atoms with E-state index in [1.807, 2.05) is 4.68 Å². The molecule has 0 amide bonds. The summed E-state index contributed by atoms with van der Waals surface area (Å²) in [6.45, 7) is 6.19. The molecule has 0 saturated carbocycles. The summed E-state index contributed by atoms with van der Waals surface area (Å²) in [5, 5.41) is 18.8. The van der Waals surface area contributed by atoms with Crippen LogP contribution in [-0.4, -0.2) is 31.5 Å². The van der Waals surface area contributed by atoms with Crippen molar-refractivity contribution in [3.63, 3.8) is 0 Å². The predicted molar refractivity (Wildman–Crippen MR) is 92.9 cm³/mol. The SMILES string of the molecule is CC(=O)c1cc([N+](=O)[O-])ccc1NC1CCc2nc(C(C)C)nn2C1. The fourth-order valence-electron chi connectivity index (χ4n) is 2.97. The second kappa shape index (κ2) is 6.62. The molecular formula is C17H21N5O3. The summed E-state index contributed by atoms with van der Waals surface area (Å²) >= 11 is 0. The first-order valence-corrected chi connectivity index (χ1v) is 8.34. The highest BCUT2D eigenvalue weighted by atomic mass is 16.6. The zero-order valence-corrected chi connectivity index (χ0v) is 14.5. The molecule has 3 rings (SSSR count). The average Bonchev–Trinajstić information content (AvgIpc) is 2.98. The van der Waals surface area contributed by atoms with Gasteiger partial charge in [-0.25, -0.2) is 9.67 Å². The number of anilines is 1. The van der Waals surface area contributed by atoms with Crippen molar-refractivity contribution < 1.29 is 9.72 Å². The summed E-state index contributed by atoms with van der Waals surface area (Å²) in [7, 11) is 0. The summed E-state index contributed by atoms with van der Waals surface area (Å²) in [6, 6.07) is 4.43. The number of nitro groups is 1. The first kappa shape index (κ1) is 17.1. The number of rotatable bonds is 5. The molecule has 1 unspecified atom stereocenters. The van der Waals surface area contributed by atoms with E-state index in [9.17, 15) is 14.9 Å². The molecule has 0 fully saturated rings. The Labute approximate surface area is 145 Å². The second-order valence-corrected chi connectivity index (χ2v) is 6.65. The normalized spacial score (nSPS) is 16.6. The van der Waals surface area contributed by atoms with Crippen LogP contribution in [0.1, 0.15) is 55.1 Å². The number of nitrogens with one attached hydrogen (secondary N) is 1. The van der Waals surface area contributed by atoms with E-state index in [-0.39, 0.29) is 23.4 Å². The summed E-state index contributed by atoms with van der Waals surface area (Å²) in [5.74, 6) is 1.90. The van der Waals surface area contributed by atoms with Gasteiger partial charge in [0.15, 0.2) is 11.6 Å². The van der Waals surface area contributed by atoms with Crippen LogP contribution in [-0.2, 0) is 13.0 Å². The molecule has 0 spiro atoms. The molecule has 0 saturated heterocycles. The lowest BCUT2D eigenvalue weighted by atomic mass is 10.0. The highest BCUT2D eigenvalue weighted by molar-refractivity contribution is 6.00. The number of benzene rings is 1. The van der Waals surface area contributed by atoms with Gasteiger partial charge >= 0.3 is 0 Å². The number of Topliss-reactive ketones (excluding diaryl/α,β-unsaturated/α-hetero) is 1. The first-order chi connectivity index (χ1) is 11.8. The largest absolute Gasteiger partial charge is 0.380 e. The quantitative estimate of drug-likeness (QED) is 0.508. The van der Waals surface area contributed by atoms with Gasteiger partial charge in [0, 0.05) is 41.8 Å². The monoisotopic (exact) mass is 343 g/mol. The predicted octanol–water partition coefficient (Wildman–Crippen LogP) is 2.94. The molecule has 1 aliphatic heterocycles. The molecule has 2 aromatic rings. The molecule has 1 aliphatic rings. The molecule has 1 aromatic heterocycles. The van der Waals surface area contributed by atoms with Gasteiger partial charge < -0.3 is 5.32 Å². The number of carbonyl (C=O) groups excluding carboxylic acids is 1. The average molecular weight is 343 g/mol. The van der Waals surface area contributed by atoms with Crippen molar-refractivity contribution in [3.8, 4) is 0 Å². The van der Waals surface area contributed by atoms with Gasteiger partial charge in [0.05, 0.1) is 11.5 Å². The molecule has 0 bridgehead atoms. The van der Waals surface area contributed by atoms with Crippen LogP contribution in [0.5, 0.6) is 0 Å². The molecular weight excluding hydrogens is 322 g/mol. The number of hydrogen-bond acceptors (Lipinski definition) is 6. The van der Waals surface area contributed by atoms with Crippen molar-refractivity contribution in [2.24, 2.45) is 0 Å². The van der Waals surface area contributed by atoms with E-state index in [0.717, 1.165) is 24.5 Å². The van der Waals surface area contributed by atoms with E-state index in [1.165, 1.54) is 19.1 Å². The lowest BCUT2D eigenvalue weighted by molar-refractivity contribution is -0.384. The number of nitrogens with zero attached hydrogens (tertiary/aromatic N) is 4. The van der Waals surface area contributed by atoms with Gasteiger partial charge in [-0.2, -0.15) is 5.10 Å². The maximum absolute atomic E-state index is 11.9. The zero-order valence-electron chi connectivity index (χ0n) is 14.5. The number of aromatic nitrogens is 3. The lowest BCUT2D eigenvalue weighted by Gasteiger charge is -2.25. The molecule has 1 atom stereocenters. The minimum absolute atomic E-state index is 0.0838. The fourth-order valence-corrected chi connectivity index (χ4v) is 2.97. The van der Waals surface area contributed by atoms with Gasteiger partial charge in [0.1, 0.15) is 5.82 Å². The van der Waals surface area contributed by atoms with Gasteiger partial charge in [-0.15, -0.1) is 0 Å². The van der Waals surface area contributed by atoms with Crippen molar-refractivity contribution in [1.29, 1.82) is 0 Å². The van der Waals surface area contributed by atoms with Crippen LogP contribution in [0.4, 0.5) is 11.4 Å². The maximum Gasteiger partial charge on any atom is 0.270 e. The highest BCUT2D eigenvalue weighted by Crippen LogP contribution is 2.26. The van der Waals surface area contributed by atoms with Gasteiger partial charge in [0.2, 0.25) is 0 Å². The van der Waals surface area contributed by atoms with E-state index >= 15 is 0 Å². The van der Waals surface area contributed by atoms with E-state index in [1.54, 1.807) is 6.07 Å². The number of carbonyl (C=O) groups is 1. The van der Waals surface area contributed by atoms with E-state index in [2.05, 4.69) is 29.2 Å². The molecule has 0 radical (unpaired) electrons. The van der Waals surface area contributed by atoms with Gasteiger partial charge in [-0.05, 0) is 19.4 Å². The fraction of sp³-hybridized carbons (Fsp3) is 0.471. The minimum Gasteiger partial charge on any atom is -0.380 e. The number of non-ortho nitro benzene ring substituents is 1. The summed E-state index contributed by atoms with van der Waals surface area (Å²) in [5.41, 5.74) is 0.872. The number of fused-ring (bicyclic) bond motifs is 1.